The summed E-state index contributed by atoms with van der Waals surface area (Å²) in [6.07, 6.45) is 5.30. The van der Waals surface area contributed by atoms with Crippen molar-refractivity contribution < 1.29 is 9.13 Å². The molecule has 4 rings (SSSR count). The Morgan fingerprint density at radius 3 is 2.85 bits per heavy atom. The lowest BCUT2D eigenvalue weighted by Gasteiger charge is -2.36. The molecule has 0 spiro atoms. The summed E-state index contributed by atoms with van der Waals surface area (Å²) in [6.45, 7) is 6.33. The molecule has 1 aromatic heterocycles. The highest BCUT2D eigenvalue weighted by Crippen LogP contribution is 2.23. The molecule has 0 aromatic carbocycles. The van der Waals surface area contributed by atoms with Gasteiger partial charge in [0.05, 0.1) is 12.3 Å². The third-order valence-electron chi connectivity index (χ3n) is 6.36. The van der Waals surface area contributed by atoms with Crippen LogP contribution < -0.4 is 5.32 Å². The predicted octanol–water partition coefficient (Wildman–Crippen LogP) is 1.18. The lowest BCUT2D eigenvalue weighted by Crippen LogP contribution is -2.49. The Bertz CT molecular complexity index is 568. The molecule has 0 saturated carbocycles. The first-order valence-electron chi connectivity index (χ1n) is 10.1. The van der Waals surface area contributed by atoms with E-state index < -0.39 is 6.17 Å². The van der Waals surface area contributed by atoms with Crippen LogP contribution in [0.2, 0.25) is 0 Å². The number of aryl methyl sites for hydroxylation is 1. The molecule has 0 radical (unpaired) electrons. The molecule has 146 valence electrons. The van der Waals surface area contributed by atoms with E-state index >= 15 is 0 Å². The Labute approximate surface area is 155 Å². The number of piperidine rings is 1. The fourth-order valence-corrected chi connectivity index (χ4v) is 4.67. The summed E-state index contributed by atoms with van der Waals surface area (Å²) >= 11 is 0. The van der Waals surface area contributed by atoms with E-state index in [1.807, 2.05) is 24.0 Å². The molecule has 3 saturated heterocycles. The number of likely N-dealkylation sites (tertiary alicyclic amines) is 2. The van der Waals surface area contributed by atoms with Crippen molar-refractivity contribution in [2.45, 2.75) is 56.5 Å². The van der Waals surface area contributed by atoms with Gasteiger partial charge in [0.15, 0.2) is 0 Å². The fourth-order valence-electron chi connectivity index (χ4n) is 4.67. The SMILES string of the molecule is Cn1nccc1CN1C[C@@H](F)C[C@H]1CNC1CCN(C2CCOC2)CC1. The van der Waals surface area contributed by atoms with E-state index in [0.29, 0.717) is 25.0 Å². The number of halogens is 1. The van der Waals surface area contributed by atoms with E-state index in [4.69, 9.17) is 4.74 Å². The van der Waals surface area contributed by atoms with Gasteiger partial charge in [-0.25, -0.2) is 4.39 Å². The van der Waals surface area contributed by atoms with E-state index in [0.717, 1.165) is 45.1 Å². The second-order valence-corrected chi connectivity index (χ2v) is 8.10. The van der Waals surface area contributed by atoms with Crippen molar-refractivity contribution in [3.8, 4) is 0 Å². The summed E-state index contributed by atoms with van der Waals surface area (Å²) in [5, 5.41) is 7.96. The van der Waals surface area contributed by atoms with Crippen molar-refractivity contribution in [1.82, 2.24) is 24.9 Å². The van der Waals surface area contributed by atoms with Crippen molar-refractivity contribution in [3.63, 3.8) is 0 Å². The van der Waals surface area contributed by atoms with Crippen molar-refractivity contribution >= 4 is 0 Å². The standard InChI is InChI=1S/C19H32FN5O/c1-23-17(2-6-22-23)13-25-12-15(20)10-19(25)11-21-16-3-7-24(8-4-16)18-5-9-26-14-18/h2,6,15-16,18-19,21H,3-5,7-14H2,1H3/t15-,18?,19-/m0/s1. The zero-order valence-corrected chi connectivity index (χ0v) is 15.8. The molecule has 1 N–H and O–H groups in total. The van der Waals surface area contributed by atoms with Gasteiger partial charge in [-0.1, -0.05) is 0 Å². The van der Waals surface area contributed by atoms with Crippen LogP contribution in [-0.2, 0) is 18.3 Å². The van der Waals surface area contributed by atoms with Crippen molar-refractivity contribution in [2.24, 2.45) is 7.05 Å². The quantitative estimate of drug-likeness (QED) is 0.820. The summed E-state index contributed by atoms with van der Waals surface area (Å²) in [6, 6.07) is 3.50. The van der Waals surface area contributed by atoms with Gasteiger partial charge < -0.3 is 10.1 Å². The van der Waals surface area contributed by atoms with Crippen LogP contribution in [0.25, 0.3) is 0 Å². The largest absolute Gasteiger partial charge is 0.380 e. The van der Waals surface area contributed by atoms with Gasteiger partial charge >= 0.3 is 0 Å². The Kier molecular flexibility index (Phi) is 5.88. The molecule has 3 fully saturated rings. The molecule has 3 atom stereocenters. The van der Waals surface area contributed by atoms with Gasteiger partial charge in [0.25, 0.3) is 0 Å². The lowest BCUT2D eigenvalue weighted by molar-refractivity contribution is 0.115. The highest BCUT2D eigenvalue weighted by atomic mass is 19.1. The zero-order valence-electron chi connectivity index (χ0n) is 15.8. The Hall–Kier alpha value is -1.02. The topological polar surface area (TPSA) is 45.6 Å². The van der Waals surface area contributed by atoms with Crippen molar-refractivity contribution in [1.29, 1.82) is 0 Å². The molecule has 0 bridgehead atoms. The molecule has 0 aliphatic carbocycles. The number of aromatic nitrogens is 2. The molecule has 4 heterocycles. The van der Waals surface area contributed by atoms with Gasteiger partial charge in [-0.05, 0) is 31.7 Å². The highest BCUT2D eigenvalue weighted by Gasteiger charge is 2.33. The number of ether oxygens (including phenoxy) is 1. The van der Waals surface area contributed by atoms with E-state index in [1.54, 1.807) is 0 Å². The number of hydrogen-bond donors (Lipinski definition) is 1. The van der Waals surface area contributed by atoms with Gasteiger partial charge in [0.2, 0.25) is 0 Å². The molecule has 7 heteroatoms. The van der Waals surface area contributed by atoms with Crippen LogP contribution in [-0.4, -0.2) is 83.3 Å². The average molecular weight is 365 g/mol. The van der Waals surface area contributed by atoms with Gasteiger partial charge in [0, 0.05) is 70.7 Å². The first-order valence-corrected chi connectivity index (χ1v) is 10.1. The predicted molar refractivity (Wildman–Crippen MR) is 98.7 cm³/mol. The first-order chi connectivity index (χ1) is 12.7. The minimum absolute atomic E-state index is 0.279. The van der Waals surface area contributed by atoms with Gasteiger partial charge in [0.1, 0.15) is 6.17 Å². The summed E-state index contributed by atoms with van der Waals surface area (Å²) in [5.41, 5.74) is 1.15. The third-order valence-corrected chi connectivity index (χ3v) is 6.36. The minimum atomic E-state index is -0.709. The smallest absolute Gasteiger partial charge is 0.114 e. The van der Waals surface area contributed by atoms with E-state index in [-0.39, 0.29) is 6.04 Å². The summed E-state index contributed by atoms with van der Waals surface area (Å²) in [7, 11) is 1.95. The first kappa shape index (κ1) is 18.3. The molecule has 1 aromatic rings. The maximum atomic E-state index is 14.0. The van der Waals surface area contributed by atoms with Crippen LogP contribution in [0.5, 0.6) is 0 Å². The maximum Gasteiger partial charge on any atom is 0.114 e. The molecular weight excluding hydrogens is 333 g/mol. The number of hydrogen-bond acceptors (Lipinski definition) is 5. The number of rotatable bonds is 6. The van der Waals surface area contributed by atoms with Crippen LogP contribution in [0.4, 0.5) is 4.39 Å². The summed E-state index contributed by atoms with van der Waals surface area (Å²) in [5.74, 6) is 0. The van der Waals surface area contributed by atoms with E-state index in [2.05, 4.69) is 20.2 Å². The zero-order chi connectivity index (χ0) is 17.9. The van der Waals surface area contributed by atoms with Gasteiger partial charge in [-0.2, -0.15) is 5.10 Å². The minimum Gasteiger partial charge on any atom is -0.380 e. The number of alkyl halides is 1. The van der Waals surface area contributed by atoms with Gasteiger partial charge in [-0.3, -0.25) is 14.5 Å². The Morgan fingerprint density at radius 2 is 2.15 bits per heavy atom. The molecule has 3 aliphatic heterocycles. The lowest BCUT2D eigenvalue weighted by atomic mass is 10.0. The second kappa shape index (κ2) is 8.33. The highest BCUT2D eigenvalue weighted by molar-refractivity contribution is 5.02. The van der Waals surface area contributed by atoms with Crippen LogP contribution in [0.15, 0.2) is 12.3 Å². The Morgan fingerprint density at radius 1 is 1.31 bits per heavy atom. The van der Waals surface area contributed by atoms with E-state index in [1.165, 1.54) is 19.3 Å². The van der Waals surface area contributed by atoms with Crippen molar-refractivity contribution in [2.75, 3.05) is 39.4 Å². The number of nitrogens with zero attached hydrogens (tertiary/aromatic N) is 4. The average Bonchev–Trinajstić information content (AvgIpc) is 3.37. The molecular formula is C19H32FN5O. The van der Waals surface area contributed by atoms with Crippen molar-refractivity contribution in [3.05, 3.63) is 18.0 Å². The molecule has 0 amide bonds. The Balaban J connectivity index is 1.23. The summed E-state index contributed by atoms with van der Waals surface area (Å²) < 4.78 is 21.4. The molecule has 1 unspecified atom stereocenters. The molecule has 26 heavy (non-hydrogen) atoms. The normalized spacial score (nSPS) is 31.8. The number of nitrogens with one attached hydrogen (secondary N) is 1. The molecule has 3 aliphatic rings. The van der Waals surface area contributed by atoms with Crippen LogP contribution >= 0.6 is 0 Å². The molecule has 6 nitrogen and oxygen atoms in total. The third kappa shape index (κ3) is 4.27. The monoisotopic (exact) mass is 365 g/mol. The van der Waals surface area contributed by atoms with Crippen LogP contribution in [0, 0.1) is 0 Å². The summed E-state index contributed by atoms with van der Waals surface area (Å²) in [4.78, 5) is 4.87. The maximum absolute atomic E-state index is 14.0. The van der Waals surface area contributed by atoms with E-state index in [9.17, 15) is 4.39 Å². The van der Waals surface area contributed by atoms with Crippen LogP contribution in [0.1, 0.15) is 31.4 Å². The second-order valence-electron chi connectivity index (χ2n) is 8.10. The fraction of sp³-hybridized carbons (Fsp3) is 0.842. The van der Waals surface area contributed by atoms with Gasteiger partial charge in [-0.15, -0.1) is 0 Å². The van der Waals surface area contributed by atoms with Crippen LogP contribution in [0.3, 0.4) is 0 Å².